The van der Waals surface area contributed by atoms with Crippen molar-refractivity contribution >= 4 is 39.0 Å². The molecule has 0 bridgehead atoms. The van der Waals surface area contributed by atoms with Crippen molar-refractivity contribution in [1.29, 1.82) is 0 Å². The molecule has 0 aliphatic rings. The van der Waals surface area contributed by atoms with Gasteiger partial charge in [-0.3, -0.25) is 9.59 Å². The maximum absolute atomic E-state index is 11.6. The Labute approximate surface area is 101 Å². The van der Waals surface area contributed by atoms with Crippen molar-refractivity contribution in [2.24, 2.45) is 0 Å². The molecule has 0 aliphatic heterocycles. The number of hydrogen-bond donors (Lipinski definition) is 1. The molecule has 5 heteroatoms. The topological polar surface area (TPSA) is 46.2 Å². The Kier molecular flexibility index (Phi) is 3.67. The summed E-state index contributed by atoms with van der Waals surface area (Å²) in [6.45, 7) is 5.51. The van der Waals surface area contributed by atoms with Gasteiger partial charge < -0.3 is 5.32 Å². The fraction of sp³-hybridized carbons (Fsp3) is 0.400. The van der Waals surface area contributed by atoms with Gasteiger partial charge in [-0.05, 0) is 48.8 Å². The van der Waals surface area contributed by atoms with Crippen molar-refractivity contribution in [3.05, 3.63) is 20.8 Å². The second kappa shape index (κ2) is 4.45. The number of hydrogen-bond acceptors (Lipinski definition) is 3. The largest absolute Gasteiger partial charge is 0.345 e. The predicted molar refractivity (Wildman–Crippen MR) is 64.2 cm³/mol. The lowest BCUT2D eigenvalue weighted by atomic mass is 10.1. The minimum absolute atomic E-state index is 0.388. The van der Waals surface area contributed by atoms with Crippen LogP contribution in [0.3, 0.4) is 0 Å². The normalized spacial score (nSPS) is 11.2. The molecule has 0 saturated heterocycles. The molecule has 1 aromatic rings. The van der Waals surface area contributed by atoms with E-state index in [0.29, 0.717) is 4.88 Å². The molecule has 1 rings (SSSR count). The van der Waals surface area contributed by atoms with Crippen molar-refractivity contribution in [1.82, 2.24) is 5.32 Å². The zero-order chi connectivity index (χ0) is 11.6. The van der Waals surface area contributed by atoms with Crippen LogP contribution < -0.4 is 5.32 Å². The molecule has 0 atom stereocenters. The van der Waals surface area contributed by atoms with Crippen LogP contribution in [0.4, 0.5) is 0 Å². The van der Waals surface area contributed by atoms with E-state index in [1.165, 1.54) is 11.3 Å². The van der Waals surface area contributed by atoms with E-state index in [0.717, 1.165) is 3.79 Å². The summed E-state index contributed by atoms with van der Waals surface area (Å²) in [6.07, 6.45) is 0. The van der Waals surface area contributed by atoms with Gasteiger partial charge in [0, 0.05) is 5.54 Å². The van der Waals surface area contributed by atoms with Crippen molar-refractivity contribution in [2.75, 3.05) is 0 Å². The number of amides is 1. The molecule has 1 heterocycles. The van der Waals surface area contributed by atoms with Gasteiger partial charge in [0.05, 0.1) is 8.66 Å². The zero-order valence-corrected chi connectivity index (χ0v) is 11.2. The first-order chi connectivity index (χ1) is 6.79. The quantitative estimate of drug-likeness (QED) is 0.672. The van der Waals surface area contributed by atoms with E-state index in [2.05, 4.69) is 21.2 Å². The van der Waals surface area contributed by atoms with E-state index >= 15 is 0 Å². The number of halogens is 1. The molecular formula is C10H12BrNO2S. The average molecular weight is 290 g/mol. The van der Waals surface area contributed by atoms with Gasteiger partial charge in [-0.25, -0.2) is 0 Å². The van der Waals surface area contributed by atoms with Gasteiger partial charge in [-0.1, -0.05) is 0 Å². The Balaban J connectivity index is 2.74. The van der Waals surface area contributed by atoms with Gasteiger partial charge in [-0.2, -0.15) is 0 Å². The number of carbonyl (C=O) groups excluding carboxylic acids is 2. The number of thiophene rings is 1. The lowest BCUT2D eigenvalue weighted by molar-refractivity contribution is -0.118. The summed E-state index contributed by atoms with van der Waals surface area (Å²) >= 11 is 4.50. The smallest absolute Gasteiger partial charge is 0.293 e. The van der Waals surface area contributed by atoms with Crippen LogP contribution in [0.5, 0.6) is 0 Å². The summed E-state index contributed by atoms with van der Waals surface area (Å²) in [5.74, 6) is -1.04. The Hall–Kier alpha value is -0.680. The summed E-state index contributed by atoms with van der Waals surface area (Å²) in [4.78, 5) is 23.6. The Bertz CT molecular complexity index is 392. The van der Waals surface area contributed by atoms with Crippen molar-refractivity contribution in [3.63, 3.8) is 0 Å². The van der Waals surface area contributed by atoms with Crippen LogP contribution in [-0.4, -0.2) is 17.2 Å². The van der Waals surface area contributed by atoms with E-state index in [1.807, 2.05) is 20.8 Å². The molecular weight excluding hydrogens is 278 g/mol. The molecule has 0 saturated carbocycles. The molecule has 3 nitrogen and oxygen atoms in total. The minimum atomic E-state index is -0.558. The molecule has 0 aliphatic carbocycles. The van der Waals surface area contributed by atoms with E-state index < -0.39 is 11.7 Å². The SMILES string of the molecule is CC(C)(C)NC(=O)C(=O)c1ccc(Br)s1. The maximum Gasteiger partial charge on any atom is 0.293 e. The summed E-state index contributed by atoms with van der Waals surface area (Å²) < 4.78 is 0.842. The Morgan fingerprint density at radius 1 is 1.33 bits per heavy atom. The van der Waals surface area contributed by atoms with Crippen molar-refractivity contribution in [3.8, 4) is 0 Å². The number of carbonyl (C=O) groups is 2. The summed E-state index contributed by atoms with van der Waals surface area (Å²) in [5, 5.41) is 2.63. The van der Waals surface area contributed by atoms with Gasteiger partial charge in [0.1, 0.15) is 0 Å². The standard InChI is InChI=1S/C10H12BrNO2S/c1-10(2,3)12-9(14)8(13)6-4-5-7(11)15-6/h4-5H,1-3H3,(H,12,14). The van der Waals surface area contributed by atoms with Crippen LogP contribution >= 0.6 is 27.3 Å². The number of Topliss-reactive ketones (excluding diaryl/α,β-unsaturated/α-hetero) is 1. The second-order valence-corrected chi connectivity index (χ2v) is 6.60. The second-order valence-electron chi connectivity index (χ2n) is 4.14. The third-order valence-electron chi connectivity index (χ3n) is 1.49. The van der Waals surface area contributed by atoms with Crippen molar-refractivity contribution in [2.45, 2.75) is 26.3 Å². The monoisotopic (exact) mass is 289 g/mol. The van der Waals surface area contributed by atoms with E-state index in [9.17, 15) is 9.59 Å². The summed E-state index contributed by atoms with van der Waals surface area (Å²) in [6, 6.07) is 3.39. The van der Waals surface area contributed by atoms with Gasteiger partial charge in [0.2, 0.25) is 0 Å². The molecule has 1 amide bonds. The molecule has 0 spiro atoms. The number of ketones is 1. The van der Waals surface area contributed by atoms with Crippen LogP contribution in [0.1, 0.15) is 30.4 Å². The molecule has 0 aromatic carbocycles. The molecule has 15 heavy (non-hydrogen) atoms. The fourth-order valence-corrected chi connectivity index (χ4v) is 2.27. The van der Waals surface area contributed by atoms with Crippen LogP contribution in [0, 0.1) is 0 Å². The first kappa shape index (κ1) is 12.4. The average Bonchev–Trinajstić information content (AvgIpc) is 2.47. The Morgan fingerprint density at radius 2 is 1.93 bits per heavy atom. The van der Waals surface area contributed by atoms with Crippen LogP contribution in [-0.2, 0) is 4.79 Å². The molecule has 0 fully saturated rings. The zero-order valence-electron chi connectivity index (χ0n) is 8.76. The number of rotatable bonds is 2. The van der Waals surface area contributed by atoms with Crippen molar-refractivity contribution < 1.29 is 9.59 Å². The molecule has 82 valence electrons. The highest BCUT2D eigenvalue weighted by molar-refractivity contribution is 9.11. The van der Waals surface area contributed by atoms with Crippen LogP contribution in [0.2, 0.25) is 0 Å². The minimum Gasteiger partial charge on any atom is -0.345 e. The lowest BCUT2D eigenvalue weighted by Crippen LogP contribution is -2.44. The van der Waals surface area contributed by atoms with Crippen LogP contribution in [0.25, 0.3) is 0 Å². The summed E-state index contributed by atoms with van der Waals surface area (Å²) in [5.41, 5.74) is -0.388. The summed E-state index contributed by atoms with van der Waals surface area (Å²) in [7, 11) is 0. The highest BCUT2D eigenvalue weighted by Crippen LogP contribution is 2.22. The highest BCUT2D eigenvalue weighted by Gasteiger charge is 2.22. The first-order valence-electron chi connectivity index (χ1n) is 4.42. The van der Waals surface area contributed by atoms with Gasteiger partial charge in [0.15, 0.2) is 0 Å². The van der Waals surface area contributed by atoms with Gasteiger partial charge in [-0.15, -0.1) is 11.3 Å². The Morgan fingerprint density at radius 3 is 2.33 bits per heavy atom. The molecule has 1 N–H and O–H groups in total. The van der Waals surface area contributed by atoms with Gasteiger partial charge >= 0.3 is 0 Å². The maximum atomic E-state index is 11.6. The highest BCUT2D eigenvalue weighted by atomic mass is 79.9. The van der Waals surface area contributed by atoms with Gasteiger partial charge in [0.25, 0.3) is 11.7 Å². The first-order valence-corrected chi connectivity index (χ1v) is 6.03. The van der Waals surface area contributed by atoms with E-state index in [1.54, 1.807) is 12.1 Å². The van der Waals surface area contributed by atoms with E-state index in [-0.39, 0.29) is 5.54 Å². The number of nitrogens with one attached hydrogen (secondary N) is 1. The lowest BCUT2D eigenvalue weighted by Gasteiger charge is -2.19. The van der Waals surface area contributed by atoms with Crippen LogP contribution in [0.15, 0.2) is 15.9 Å². The fourth-order valence-electron chi connectivity index (χ4n) is 0.946. The third-order valence-corrected chi connectivity index (χ3v) is 3.11. The third kappa shape index (κ3) is 3.76. The molecule has 0 unspecified atom stereocenters. The predicted octanol–water partition coefficient (Wildman–Crippen LogP) is 2.61. The molecule has 1 aromatic heterocycles. The molecule has 0 radical (unpaired) electrons. The van der Waals surface area contributed by atoms with E-state index in [4.69, 9.17) is 0 Å².